The van der Waals surface area contributed by atoms with E-state index in [4.69, 9.17) is 14.7 Å². The first kappa shape index (κ1) is 13.5. The Kier molecular flexibility index (Phi) is 4.53. The minimum absolute atomic E-state index is 0.116. The summed E-state index contributed by atoms with van der Waals surface area (Å²) in [6.07, 6.45) is 0. The predicted molar refractivity (Wildman–Crippen MR) is 67.2 cm³/mol. The van der Waals surface area contributed by atoms with Crippen LogP contribution in [0.5, 0.6) is 5.75 Å². The van der Waals surface area contributed by atoms with Crippen molar-refractivity contribution in [3.8, 4) is 11.8 Å². The van der Waals surface area contributed by atoms with E-state index in [1.54, 1.807) is 7.11 Å². The van der Waals surface area contributed by atoms with Crippen molar-refractivity contribution in [2.75, 3.05) is 20.3 Å². The van der Waals surface area contributed by atoms with Crippen molar-refractivity contribution in [3.63, 3.8) is 0 Å². The van der Waals surface area contributed by atoms with Crippen molar-refractivity contribution >= 4 is 0 Å². The Labute approximate surface area is 103 Å². The second-order valence-electron chi connectivity index (χ2n) is 4.88. The van der Waals surface area contributed by atoms with Gasteiger partial charge in [-0.2, -0.15) is 5.26 Å². The lowest BCUT2D eigenvalue weighted by atomic mass is 9.83. The van der Waals surface area contributed by atoms with Gasteiger partial charge in [-0.05, 0) is 17.5 Å². The highest BCUT2D eigenvalue weighted by atomic mass is 16.5. The number of ether oxygens (including phenoxy) is 2. The first-order valence-corrected chi connectivity index (χ1v) is 5.66. The van der Waals surface area contributed by atoms with Gasteiger partial charge in [0, 0.05) is 12.7 Å². The Morgan fingerprint density at radius 1 is 1.24 bits per heavy atom. The average Bonchev–Trinajstić information content (AvgIpc) is 2.27. The summed E-state index contributed by atoms with van der Waals surface area (Å²) in [5, 5.41) is 9.15. The van der Waals surface area contributed by atoms with Gasteiger partial charge >= 0.3 is 0 Å². The van der Waals surface area contributed by atoms with Crippen LogP contribution in [-0.4, -0.2) is 20.3 Å². The Morgan fingerprint density at radius 2 is 1.94 bits per heavy atom. The van der Waals surface area contributed by atoms with Crippen LogP contribution in [0.3, 0.4) is 0 Å². The molecular weight excluding hydrogens is 214 g/mol. The Bertz CT molecular complexity index is 413. The highest BCUT2D eigenvalue weighted by Crippen LogP contribution is 2.34. The number of rotatable bonds is 4. The molecule has 0 unspecified atom stereocenters. The van der Waals surface area contributed by atoms with Gasteiger partial charge in [0.1, 0.15) is 12.4 Å². The zero-order chi connectivity index (χ0) is 12.9. The fourth-order valence-electron chi connectivity index (χ4n) is 1.75. The topological polar surface area (TPSA) is 42.2 Å². The highest BCUT2D eigenvalue weighted by Gasteiger charge is 2.22. The molecule has 1 aromatic rings. The quantitative estimate of drug-likeness (QED) is 0.751. The summed E-state index contributed by atoms with van der Waals surface area (Å²) in [5.74, 6) is 0.772. The van der Waals surface area contributed by atoms with Crippen molar-refractivity contribution in [1.29, 1.82) is 5.26 Å². The van der Waals surface area contributed by atoms with Crippen molar-refractivity contribution in [1.82, 2.24) is 0 Å². The van der Waals surface area contributed by atoms with E-state index in [0.29, 0.717) is 18.8 Å². The van der Waals surface area contributed by atoms with Gasteiger partial charge in [-0.25, -0.2) is 0 Å². The molecule has 0 saturated carbocycles. The summed E-state index contributed by atoms with van der Waals surface area (Å²) < 4.78 is 10.6. The number of hydrogen-bond donors (Lipinski definition) is 0. The lowest BCUT2D eigenvalue weighted by Gasteiger charge is -2.24. The van der Waals surface area contributed by atoms with Crippen molar-refractivity contribution in [2.24, 2.45) is 0 Å². The largest absolute Gasteiger partial charge is 0.491 e. The fourth-order valence-corrected chi connectivity index (χ4v) is 1.75. The SMILES string of the molecule is COCCOc1cccc(C#N)c1C(C)(C)C. The lowest BCUT2D eigenvalue weighted by molar-refractivity contribution is 0.145. The maximum atomic E-state index is 9.15. The van der Waals surface area contributed by atoms with Crippen molar-refractivity contribution < 1.29 is 9.47 Å². The number of methoxy groups -OCH3 is 1. The van der Waals surface area contributed by atoms with Crippen LogP contribution in [0.1, 0.15) is 31.9 Å². The van der Waals surface area contributed by atoms with Gasteiger partial charge < -0.3 is 9.47 Å². The molecule has 0 heterocycles. The molecule has 17 heavy (non-hydrogen) atoms. The molecule has 0 amide bonds. The van der Waals surface area contributed by atoms with Crippen LogP contribution in [0, 0.1) is 11.3 Å². The van der Waals surface area contributed by atoms with Crippen LogP contribution >= 0.6 is 0 Å². The molecule has 0 aliphatic rings. The van der Waals surface area contributed by atoms with Gasteiger partial charge in [-0.3, -0.25) is 0 Å². The summed E-state index contributed by atoms with van der Waals surface area (Å²) in [5.41, 5.74) is 1.51. The van der Waals surface area contributed by atoms with Crippen LogP contribution in [0.15, 0.2) is 18.2 Å². The molecule has 0 aromatic heterocycles. The smallest absolute Gasteiger partial charge is 0.124 e. The van der Waals surface area contributed by atoms with Gasteiger partial charge in [0.15, 0.2) is 0 Å². The van der Waals surface area contributed by atoms with Crippen LogP contribution in [-0.2, 0) is 10.2 Å². The van der Waals surface area contributed by atoms with Crippen molar-refractivity contribution in [2.45, 2.75) is 26.2 Å². The molecule has 0 aliphatic heterocycles. The second-order valence-corrected chi connectivity index (χ2v) is 4.88. The molecule has 0 radical (unpaired) electrons. The van der Waals surface area contributed by atoms with E-state index in [1.165, 1.54) is 0 Å². The van der Waals surface area contributed by atoms with Crippen LogP contribution in [0.2, 0.25) is 0 Å². The normalized spacial score (nSPS) is 11.0. The lowest BCUT2D eigenvalue weighted by Crippen LogP contribution is -2.16. The predicted octanol–water partition coefficient (Wildman–Crippen LogP) is 2.88. The van der Waals surface area contributed by atoms with Gasteiger partial charge in [-0.15, -0.1) is 0 Å². The third-order valence-corrected chi connectivity index (χ3v) is 2.44. The fraction of sp³-hybridized carbons (Fsp3) is 0.500. The van der Waals surface area contributed by atoms with Crippen molar-refractivity contribution in [3.05, 3.63) is 29.3 Å². The number of benzene rings is 1. The van der Waals surface area contributed by atoms with E-state index in [0.717, 1.165) is 11.3 Å². The maximum Gasteiger partial charge on any atom is 0.124 e. The molecule has 0 fully saturated rings. The third kappa shape index (κ3) is 3.47. The van der Waals surface area contributed by atoms with E-state index in [-0.39, 0.29) is 5.41 Å². The van der Waals surface area contributed by atoms with E-state index in [1.807, 2.05) is 18.2 Å². The zero-order valence-electron chi connectivity index (χ0n) is 10.9. The summed E-state index contributed by atoms with van der Waals surface area (Å²) in [6, 6.07) is 7.79. The second kappa shape index (κ2) is 5.70. The summed E-state index contributed by atoms with van der Waals surface area (Å²) >= 11 is 0. The van der Waals surface area contributed by atoms with E-state index in [9.17, 15) is 0 Å². The minimum atomic E-state index is -0.116. The molecule has 0 atom stereocenters. The maximum absolute atomic E-state index is 9.15. The number of nitrogens with zero attached hydrogens (tertiary/aromatic N) is 1. The molecule has 3 heteroatoms. The van der Waals surface area contributed by atoms with Crippen LogP contribution in [0.4, 0.5) is 0 Å². The van der Waals surface area contributed by atoms with E-state index < -0.39 is 0 Å². The van der Waals surface area contributed by atoms with Gasteiger partial charge in [0.05, 0.1) is 18.2 Å². The molecule has 0 N–H and O–H groups in total. The monoisotopic (exact) mass is 233 g/mol. The molecule has 0 spiro atoms. The van der Waals surface area contributed by atoms with Gasteiger partial charge in [0.2, 0.25) is 0 Å². The van der Waals surface area contributed by atoms with E-state index >= 15 is 0 Å². The molecule has 0 aliphatic carbocycles. The van der Waals surface area contributed by atoms with E-state index in [2.05, 4.69) is 26.8 Å². The molecule has 1 aromatic carbocycles. The molecule has 1 rings (SSSR count). The van der Waals surface area contributed by atoms with Crippen LogP contribution in [0.25, 0.3) is 0 Å². The number of nitriles is 1. The highest BCUT2D eigenvalue weighted by molar-refractivity contribution is 5.50. The average molecular weight is 233 g/mol. The minimum Gasteiger partial charge on any atom is -0.491 e. The van der Waals surface area contributed by atoms with Gasteiger partial charge in [0.25, 0.3) is 0 Å². The Hall–Kier alpha value is -1.53. The summed E-state index contributed by atoms with van der Waals surface area (Å²) in [7, 11) is 1.64. The first-order valence-electron chi connectivity index (χ1n) is 5.66. The Balaban J connectivity index is 3.08. The first-order chi connectivity index (χ1) is 8.00. The molecular formula is C14H19NO2. The summed E-state index contributed by atoms with van der Waals surface area (Å²) in [4.78, 5) is 0. The molecule has 92 valence electrons. The standard InChI is InChI=1S/C14H19NO2/c1-14(2,3)13-11(10-15)6-5-7-12(13)17-9-8-16-4/h5-7H,8-9H2,1-4H3. The molecule has 0 bridgehead atoms. The van der Waals surface area contributed by atoms with Gasteiger partial charge in [-0.1, -0.05) is 26.8 Å². The molecule has 0 saturated heterocycles. The zero-order valence-corrected chi connectivity index (χ0v) is 10.9. The Morgan fingerprint density at radius 3 is 2.47 bits per heavy atom. The molecule has 3 nitrogen and oxygen atoms in total. The van der Waals surface area contributed by atoms with Crippen LogP contribution < -0.4 is 4.74 Å². The summed E-state index contributed by atoms with van der Waals surface area (Å²) in [6.45, 7) is 7.26. The third-order valence-electron chi connectivity index (χ3n) is 2.44. The number of hydrogen-bond acceptors (Lipinski definition) is 3.